The highest BCUT2D eigenvalue weighted by atomic mass is 19.4. The molecule has 0 aliphatic rings. The van der Waals surface area contributed by atoms with Crippen LogP contribution in [0.25, 0.3) is 6.08 Å². The fourth-order valence-electron chi connectivity index (χ4n) is 2.22. The Labute approximate surface area is 148 Å². The van der Waals surface area contributed by atoms with Crippen LogP contribution in [0.1, 0.15) is 30.9 Å². The van der Waals surface area contributed by atoms with E-state index in [2.05, 4.69) is 20.6 Å². The van der Waals surface area contributed by atoms with Crippen LogP contribution >= 0.6 is 0 Å². The molecule has 0 atom stereocenters. The Balaban J connectivity index is 2.29. The first-order valence-corrected chi connectivity index (χ1v) is 7.90. The average molecular weight is 369 g/mol. The van der Waals surface area contributed by atoms with Gasteiger partial charge in [-0.1, -0.05) is 25.5 Å². The molecule has 0 saturated heterocycles. The van der Waals surface area contributed by atoms with E-state index in [4.69, 9.17) is 5.73 Å². The van der Waals surface area contributed by atoms with Crippen LogP contribution in [0.4, 0.5) is 40.7 Å². The molecule has 0 bridgehead atoms. The summed E-state index contributed by atoms with van der Waals surface area (Å²) in [5.41, 5.74) is 5.55. The minimum atomic E-state index is -4.58. The van der Waals surface area contributed by atoms with Crippen LogP contribution in [-0.2, 0) is 6.18 Å². The Morgan fingerprint density at radius 1 is 1.27 bits per heavy atom. The summed E-state index contributed by atoms with van der Waals surface area (Å²) in [5, 5.41) is 5.03. The summed E-state index contributed by atoms with van der Waals surface area (Å²) in [6.45, 7) is 2.00. The summed E-state index contributed by atoms with van der Waals surface area (Å²) in [6, 6.07) is 2.65. The lowest BCUT2D eigenvalue weighted by atomic mass is 10.1. The highest BCUT2D eigenvalue weighted by Gasteiger charge is 2.35. The number of nitrogen functional groups attached to an aromatic ring is 1. The van der Waals surface area contributed by atoms with Crippen LogP contribution in [0.3, 0.4) is 0 Å². The van der Waals surface area contributed by atoms with E-state index in [1.807, 2.05) is 13.0 Å². The van der Waals surface area contributed by atoms with Gasteiger partial charge in [0.05, 0.1) is 0 Å². The zero-order valence-corrected chi connectivity index (χ0v) is 14.3. The molecule has 0 fully saturated rings. The number of alkyl halides is 3. The molecule has 0 amide bonds. The summed E-state index contributed by atoms with van der Waals surface area (Å²) in [6.07, 6.45) is 1.22. The van der Waals surface area contributed by atoms with Crippen LogP contribution in [0.2, 0.25) is 0 Å². The van der Waals surface area contributed by atoms with Gasteiger partial charge in [0.15, 0.2) is 0 Å². The molecule has 0 unspecified atom stereocenters. The van der Waals surface area contributed by atoms with E-state index in [0.717, 1.165) is 12.8 Å². The number of rotatable bonds is 6. The van der Waals surface area contributed by atoms with Gasteiger partial charge in [0.1, 0.15) is 17.2 Å². The van der Waals surface area contributed by atoms with Gasteiger partial charge in [0, 0.05) is 30.2 Å². The number of halogens is 4. The van der Waals surface area contributed by atoms with E-state index >= 15 is 0 Å². The highest BCUT2D eigenvalue weighted by Crippen LogP contribution is 2.34. The normalized spacial score (nSPS) is 11.8. The molecule has 0 spiro atoms. The number of nitrogens with zero attached hydrogens (tertiary/aromatic N) is 2. The van der Waals surface area contributed by atoms with E-state index in [1.165, 1.54) is 19.2 Å². The molecule has 4 N–H and O–H groups in total. The number of hydrogen-bond donors (Lipinski definition) is 3. The summed E-state index contributed by atoms with van der Waals surface area (Å²) in [7, 11) is 1.32. The highest BCUT2D eigenvalue weighted by molar-refractivity contribution is 5.71. The van der Waals surface area contributed by atoms with Gasteiger partial charge in [-0.25, -0.2) is 9.37 Å². The van der Waals surface area contributed by atoms with Gasteiger partial charge in [0.2, 0.25) is 5.95 Å². The predicted molar refractivity (Wildman–Crippen MR) is 94.6 cm³/mol. The first kappa shape index (κ1) is 19.5. The number of aromatic nitrogens is 2. The van der Waals surface area contributed by atoms with E-state index < -0.39 is 17.6 Å². The number of nitrogens with two attached hydrogens (primary N) is 1. The van der Waals surface area contributed by atoms with Crippen molar-refractivity contribution in [1.82, 2.24) is 9.97 Å². The summed E-state index contributed by atoms with van der Waals surface area (Å²) in [4.78, 5) is 7.40. The minimum absolute atomic E-state index is 0.115. The Bertz CT molecular complexity index is 779. The number of unbranched alkanes of at least 4 members (excludes halogenated alkanes) is 1. The summed E-state index contributed by atoms with van der Waals surface area (Å²) < 4.78 is 52.8. The molecule has 5 nitrogen and oxygen atoms in total. The van der Waals surface area contributed by atoms with Crippen LogP contribution in [-0.4, -0.2) is 17.0 Å². The smallest absolute Gasteiger partial charge is 0.398 e. The third-order valence-corrected chi connectivity index (χ3v) is 3.49. The monoisotopic (exact) mass is 369 g/mol. The second-order valence-electron chi connectivity index (χ2n) is 5.48. The predicted octanol–water partition coefficient (Wildman–Crippen LogP) is 4.82. The molecule has 1 heterocycles. The van der Waals surface area contributed by atoms with Crippen LogP contribution in [0.5, 0.6) is 0 Å². The lowest BCUT2D eigenvalue weighted by Gasteiger charge is -2.13. The van der Waals surface area contributed by atoms with E-state index in [1.54, 1.807) is 6.08 Å². The SMILES string of the molecule is CCC/C=C\c1c(N)cc(Nc2ncc(C(F)(F)F)c(NC)n2)cc1F. The van der Waals surface area contributed by atoms with Crippen molar-refractivity contribution in [3.8, 4) is 0 Å². The minimum Gasteiger partial charge on any atom is -0.398 e. The quantitative estimate of drug-likeness (QED) is 0.503. The first-order chi connectivity index (χ1) is 12.3. The van der Waals surface area contributed by atoms with Gasteiger partial charge in [-0.2, -0.15) is 18.2 Å². The summed E-state index contributed by atoms with van der Waals surface area (Å²) in [5.74, 6) is -1.06. The van der Waals surface area contributed by atoms with E-state index in [0.29, 0.717) is 6.20 Å². The van der Waals surface area contributed by atoms with Gasteiger partial charge >= 0.3 is 6.18 Å². The van der Waals surface area contributed by atoms with Crippen LogP contribution < -0.4 is 16.4 Å². The molecule has 9 heteroatoms. The Morgan fingerprint density at radius 2 is 2.00 bits per heavy atom. The van der Waals surface area contributed by atoms with Crippen molar-refractivity contribution < 1.29 is 17.6 Å². The zero-order valence-electron chi connectivity index (χ0n) is 14.3. The van der Waals surface area contributed by atoms with Crippen molar-refractivity contribution in [2.75, 3.05) is 23.4 Å². The molecule has 0 radical (unpaired) electrons. The molecule has 0 aliphatic heterocycles. The molecule has 0 saturated carbocycles. The number of allylic oxidation sites excluding steroid dienone is 1. The first-order valence-electron chi connectivity index (χ1n) is 7.90. The maximum atomic E-state index is 14.2. The van der Waals surface area contributed by atoms with E-state index in [-0.39, 0.29) is 28.7 Å². The van der Waals surface area contributed by atoms with Crippen molar-refractivity contribution in [1.29, 1.82) is 0 Å². The van der Waals surface area contributed by atoms with Gasteiger partial charge in [0.25, 0.3) is 0 Å². The molecular formula is C17H19F4N5. The van der Waals surface area contributed by atoms with Crippen molar-refractivity contribution in [3.63, 3.8) is 0 Å². The third kappa shape index (κ3) is 4.62. The number of hydrogen-bond acceptors (Lipinski definition) is 5. The molecule has 1 aromatic carbocycles. The maximum absolute atomic E-state index is 14.2. The van der Waals surface area contributed by atoms with Crippen LogP contribution in [0, 0.1) is 5.82 Å². The number of nitrogens with one attached hydrogen (secondary N) is 2. The standard InChI is InChI=1S/C17H19F4N5/c1-3-4-5-6-11-13(18)7-10(8-14(11)22)25-16-24-9-12(17(19,20)21)15(23-2)26-16/h5-9H,3-4,22H2,1-2H3,(H2,23,24,25,26)/b6-5-. The second kappa shape index (κ2) is 8.03. The third-order valence-electron chi connectivity index (χ3n) is 3.49. The molecule has 2 rings (SSSR count). The topological polar surface area (TPSA) is 75.9 Å². The van der Waals surface area contributed by atoms with Crippen LogP contribution in [0.15, 0.2) is 24.4 Å². The molecular weight excluding hydrogens is 350 g/mol. The largest absolute Gasteiger partial charge is 0.421 e. The maximum Gasteiger partial charge on any atom is 0.421 e. The fourth-order valence-corrected chi connectivity index (χ4v) is 2.22. The molecule has 26 heavy (non-hydrogen) atoms. The Hall–Kier alpha value is -2.84. The summed E-state index contributed by atoms with van der Waals surface area (Å²) >= 11 is 0. The van der Waals surface area contributed by atoms with E-state index in [9.17, 15) is 17.6 Å². The lowest BCUT2D eigenvalue weighted by Crippen LogP contribution is -2.12. The van der Waals surface area contributed by atoms with Gasteiger partial charge in [-0.15, -0.1) is 0 Å². The lowest BCUT2D eigenvalue weighted by molar-refractivity contribution is -0.137. The van der Waals surface area contributed by atoms with Gasteiger partial charge < -0.3 is 16.4 Å². The molecule has 140 valence electrons. The second-order valence-corrected chi connectivity index (χ2v) is 5.48. The molecule has 1 aromatic heterocycles. The average Bonchev–Trinajstić information content (AvgIpc) is 2.56. The molecule has 2 aromatic rings. The van der Waals surface area contributed by atoms with Crippen molar-refractivity contribution in [2.24, 2.45) is 0 Å². The van der Waals surface area contributed by atoms with Crippen molar-refractivity contribution in [3.05, 3.63) is 41.3 Å². The zero-order chi connectivity index (χ0) is 19.3. The number of anilines is 4. The Kier molecular flexibility index (Phi) is 6.01. The fraction of sp³-hybridized carbons (Fsp3) is 0.294. The van der Waals surface area contributed by atoms with Gasteiger partial charge in [-0.3, -0.25) is 0 Å². The molecule has 0 aliphatic carbocycles. The Morgan fingerprint density at radius 3 is 2.58 bits per heavy atom. The number of benzene rings is 1. The van der Waals surface area contributed by atoms with Crippen molar-refractivity contribution in [2.45, 2.75) is 25.9 Å². The van der Waals surface area contributed by atoms with Crippen molar-refractivity contribution >= 4 is 29.2 Å². The van der Waals surface area contributed by atoms with Gasteiger partial charge in [-0.05, 0) is 18.6 Å².